The molecule has 1 aliphatic heterocycles. The molecule has 0 bridgehead atoms. The number of nitrogens with zero attached hydrogens (tertiary/aromatic N) is 3. The van der Waals surface area contributed by atoms with Gasteiger partial charge < -0.3 is 15.2 Å². The minimum absolute atomic E-state index is 0.0328. The van der Waals surface area contributed by atoms with Crippen molar-refractivity contribution in [3.63, 3.8) is 0 Å². The summed E-state index contributed by atoms with van der Waals surface area (Å²) in [7, 11) is -3.40. The first-order valence-corrected chi connectivity index (χ1v) is 8.55. The quantitative estimate of drug-likeness (QED) is 0.651. The topological polar surface area (TPSA) is 136 Å². The summed E-state index contributed by atoms with van der Waals surface area (Å²) in [5.74, 6) is 0.0328. The number of fused-ring (bicyclic) bond motifs is 1. The van der Waals surface area contributed by atoms with Gasteiger partial charge in [-0.2, -0.15) is 4.98 Å². The van der Waals surface area contributed by atoms with Gasteiger partial charge in [-0.1, -0.05) is 0 Å². The predicted molar refractivity (Wildman–Crippen MR) is 79.1 cm³/mol. The lowest BCUT2D eigenvalue weighted by molar-refractivity contribution is 0.181. The summed E-state index contributed by atoms with van der Waals surface area (Å²) in [5.41, 5.74) is 6.71. The minimum atomic E-state index is -3.40. The molecule has 4 rings (SSSR count). The Morgan fingerprint density at radius 2 is 2.41 bits per heavy atom. The smallest absolute Gasteiger partial charge is 0.328 e. The Morgan fingerprint density at radius 3 is 3.14 bits per heavy atom. The van der Waals surface area contributed by atoms with E-state index < -0.39 is 7.60 Å². The number of nitrogen functional groups attached to an aromatic ring is 1. The maximum atomic E-state index is 11.7. The van der Waals surface area contributed by atoms with Crippen molar-refractivity contribution in [2.45, 2.75) is 12.8 Å². The van der Waals surface area contributed by atoms with E-state index in [1.165, 1.54) is 6.33 Å². The van der Waals surface area contributed by atoms with Gasteiger partial charge in [0.25, 0.3) is 5.56 Å². The predicted octanol–water partition coefficient (Wildman–Crippen LogP) is 0.538. The second-order valence-corrected chi connectivity index (χ2v) is 7.75. The first kappa shape index (κ1) is 13.7. The maximum absolute atomic E-state index is 11.7. The van der Waals surface area contributed by atoms with E-state index in [0.29, 0.717) is 12.1 Å². The van der Waals surface area contributed by atoms with Crippen molar-refractivity contribution in [2.75, 3.05) is 18.5 Å². The monoisotopic (exact) mass is 323 g/mol. The molecule has 4 N–H and O–H groups in total. The molecule has 1 spiro atoms. The number of hydrogen-bond donors (Lipinski definition) is 3. The Hall–Kier alpha value is -1.96. The molecule has 1 saturated heterocycles. The number of hydrogen-bond acceptors (Lipinski definition) is 6. The van der Waals surface area contributed by atoms with Gasteiger partial charge in [0.1, 0.15) is 6.33 Å². The summed E-state index contributed by atoms with van der Waals surface area (Å²) in [4.78, 5) is 31.7. The van der Waals surface area contributed by atoms with Gasteiger partial charge in [-0.3, -0.25) is 18.9 Å². The average molecular weight is 323 g/mol. The lowest BCUT2D eigenvalue weighted by Crippen LogP contribution is -2.18. The number of nitrogens with two attached hydrogens (primary N) is 1. The van der Waals surface area contributed by atoms with Gasteiger partial charge in [-0.15, -0.1) is 0 Å². The number of imidazole rings is 1. The highest BCUT2D eigenvalue weighted by Gasteiger charge is 2.53. The SMILES string of the molecule is Nc1nc2c(ncn2/C=C2/CC23CCP(=O)(O)OC3)c(=O)[nH]1. The zero-order chi connectivity index (χ0) is 15.5. The fourth-order valence-corrected chi connectivity index (χ4v) is 4.11. The van der Waals surface area contributed by atoms with Gasteiger partial charge in [0, 0.05) is 11.6 Å². The zero-order valence-corrected chi connectivity index (χ0v) is 12.4. The number of H-pyrrole nitrogens is 1. The molecule has 2 aromatic heterocycles. The second-order valence-electron chi connectivity index (χ2n) is 5.77. The fourth-order valence-electron chi connectivity index (χ4n) is 2.82. The summed E-state index contributed by atoms with van der Waals surface area (Å²) >= 11 is 0. The largest absolute Gasteiger partial charge is 0.369 e. The van der Waals surface area contributed by atoms with E-state index in [-0.39, 0.29) is 35.2 Å². The van der Waals surface area contributed by atoms with E-state index in [0.717, 1.165) is 12.0 Å². The van der Waals surface area contributed by atoms with Gasteiger partial charge in [0.05, 0.1) is 12.8 Å². The molecule has 2 aromatic rings. The lowest BCUT2D eigenvalue weighted by atomic mass is 10.0. The summed E-state index contributed by atoms with van der Waals surface area (Å²) in [6.45, 7) is 0.245. The van der Waals surface area contributed by atoms with Crippen LogP contribution >= 0.6 is 7.60 Å². The molecular weight excluding hydrogens is 309 g/mol. The van der Waals surface area contributed by atoms with E-state index in [1.54, 1.807) is 4.57 Å². The minimum Gasteiger partial charge on any atom is -0.369 e. The maximum Gasteiger partial charge on any atom is 0.328 e. The van der Waals surface area contributed by atoms with Crippen LogP contribution in [0.15, 0.2) is 16.7 Å². The Balaban J connectivity index is 1.68. The molecule has 1 saturated carbocycles. The molecule has 2 fully saturated rings. The number of aromatic nitrogens is 4. The van der Waals surface area contributed by atoms with E-state index in [2.05, 4.69) is 15.0 Å². The van der Waals surface area contributed by atoms with Gasteiger partial charge >= 0.3 is 7.60 Å². The molecule has 2 unspecified atom stereocenters. The van der Waals surface area contributed by atoms with Crippen molar-refractivity contribution in [1.82, 2.24) is 19.5 Å². The first-order chi connectivity index (χ1) is 10.4. The number of rotatable bonds is 1. The normalized spacial score (nSPS) is 32.9. The summed E-state index contributed by atoms with van der Waals surface area (Å²) in [6.07, 6.45) is 4.94. The van der Waals surface area contributed by atoms with E-state index >= 15 is 0 Å². The first-order valence-electron chi connectivity index (χ1n) is 6.78. The van der Waals surface area contributed by atoms with Crippen LogP contribution in [0.4, 0.5) is 5.95 Å². The van der Waals surface area contributed by atoms with Crippen molar-refractivity contribution >= 4 is 30.9 Å². The molecule has 116 valence electrons. The summed E-state index contributed by atoms with van der Waals surface area (Å²) in [6, 6.07) is 0. The van der Waals surface area contributed by atoms with Crippen LogP contribution in [0.25, 0.3) is 17.4 Å². The summed E-state index contributed by atoms with van der Waals surface area (Å²) < 4.78 is 18.2. The third-order valence-electron chi connectivity index (χ3n) is 4.25. The molecule has 2 aliphatic rings. The van der Waals surface area contributed by atoms with Gasteiger partial charge in [-0.25, -0.2) is 4.98 Å². The van der Waals surface area contributed by atoms with Crippen molar-refractivity contribution in [3.8, 4) is 0 Å². The lowest BCUT2D eigenvalue weighted by Gasteiger charge is -2.24. The van der Waals surface area contributed by atoms with Crippen LogP contribution in [-0.2, 0) is 9.09 Å². The van der Waals surface area contributed by atoms with Gasteiger partial charge in [0.15, 0.2) is 11.2 Å². The van der Waals surface area contributed by atoms with E-state index in [9.17, 15) is 14.3 Å². The van der Waals surface area contributed by atoms with Crippen LogP contribution in [0.5, 0.6) is 0 Å². The molecule has 22 heavy (non-hydrogen) atoms. The molecule has 0 amide bonds. The van der Waals surface area contributed by atoms with Crippen LogP contribution < -0.4 is 11.3 Å². The third kappa shape index (κ3) is 2.09. The van der Waals surface area contributed by atoms with Crippen LogP contribution in [0, 0.1) is 5.41 Å². The van der Waals surface area contributed by atoms with Crippen LogP contribution in [0.1, 0.15) is 12.8 Å². The molecule has 10 heteroatoms. The Kier molecular flexibility index (Phi) is 2.66. The molecule has 2 atom stereocenters. The second kappa shape index (κ2) is 4.28. The average Bonchev–Trinajstić information content (AvgIpc) is 2.96. The molecular formula is C12H14N5O4P. The van der Waals surface area contributed by atoms with E-state index in [1.807, 2.05) is 6.20 Å². The van der Waals surface area contributed by atoms with E-state index in [4.69, 9.17) is 10.3 Å². The third-order valence-corrected chi connectivity index (χ3v) is 5.57. The number of anilines is 1. The molecule has 3 heterocycles. The van der Waals surface area contributed by atoms with Crippen LogP contribution in [-0.4, -0.2) is 37.2 Å². The Labute approximate surface area is 124 Å². The van der Waals surface area contributed by atoms with Gasteiger partial charge in [0.2, 0.25) is 5.95 Å². The molecule has 0 radical (unpaired) electrons. The van der Waals surface area contributed by atoms with Crippen molar-refractivity contribution in [1.29, 1.82) is 0 Å². The van der Waals surface area contributed by atoms with Crippen molar-refractivity contribution in [3.05, 3.63) is 22.3 Å². The highest BCUT2D eigenvalue weighted by Crippen LogP contribution is 2.63. The van der Waals surface area contributed by atoms with Crippen molar-refractivity contribution in [2.24, 2.45) is 5.41 Å². The standard InChI is InChI=1S/C12H14N5O4P/c13-11-15-9-8(10(18)16-11)14-6-17(9)4-7-3-12(7)1-2-22(19,20)21-5-12/h4,6H,1-3,5H2,(H,19,20)(H3,13,15,16,18)/b7-4-. The molecule has 1 aliphatic carbocycles. The highest BCUT2D eigenvalue weighted by atomic mass is 31.2. The van der Waals surface area contributed by atoms with Gasteiger partial charge in [-0.05, 0) is 18.4 Å². The van der Waals surface area contributed by atoms with Crippen LogP contribution in [0.2, 0.25) is 0 Å². The molecule has 9 nitrogen and oxygen atoms in total. The fraction of sp³-hybridized carbons (Fsp3) is 0.417. The molecule has 0 aromatic carbocycles. The Morgan fingerprint density at radius 1 is 1.59 bits per heavy atom. The number of aromatic amines is 1. The van der Waals surface area contributed by atoms with Crippen LogP contribution in [0.3, 0.4) is 0 Å². The van der Waals surface area contributed by atoms with Crippen molar-refractivity contribution < 1.29 is 14.0 Å². The summed E-state index contributed by atoms with van der Waals surface area (Å²) in [5, 5.41) is 0. The Bertz CT molecular complexity index is 902. The highest BCUT2D eigenvalue weighted by molar-refractivity contribution is 7.52. The number of nitrogens with one attached hydrogen (secondary N) is 1. The zero-order valence-electron chi connectivity index (χ0n) is 11.5.